The van der Waals surface area contributed by atoms with Crippen molar-refractivity contribution < 1.29 is 9.84 Å². The predicted octanol–water partition coefficient (Wildman–Crippen LogP) is 5.62. The zero-order chi connectivity index (χ0) is 16.9. The highest BCUT2D eigenvalue weighted by Crippen LogP contribution is 2.35. The molecule has 0 fully saturated rings. The van der Waals surface area contributed by atoms with Gasteiger partial charge >= 0.3 is 0 Å². The Hall–Kier alpha value is -2.06. The van der Waals surface area contributed by atoms with Gasteiger partial charge in [0.15, 0.2) is 0 Å². The van der Waals surface area contributed by atoms with Gasteiger partial charge in [-0.25, -0.2) is 0 Å². The summed E-state index contributed by atoms with van der Waals surface area (Å²) in [5, 5.41) is 14.8. The van der Waals surface area contributed by atoms with Gasteiger partial charge in [0, 0.05) is 10.8 Å². The SMILES string of the molecule is CCCCCC(O)COc1c2ccccc2cc2ccc(C)cc12. The molecule has 0 heterocycles. The first-order valence-corrected chi connectivity index (χ1v) is 8.92. The Morgan fingerprint density at radius 2 is 1.75 bits per heavy atom. The minimum Gasteiger partial charge on any atom is -0.490 e. The quantitative estimate of drug-likeness (QED) is 0.452. The van der Waals surface area contributed by atoms with Gasteiger partial charge in [-0.15, -0.1) is 0 Å². The molecule has 126 valence electrons. The van der Waals surface area contributed by atoms with Crippen molar-refractivity contribution >= 4 is 21.5 Å². The molecule has 2 heteroatoms. The van der Waals surface area contributed by atoms with Crippen molar-refractivity contribution in [2.75, 3.05) is 6.61 Å². The molecule has 1 atom stereocenters. The Morgan fingerprint density at radius 1 is 0.958 bits per heavy atom. The monoisotopic (exact) mass is 322 g/mol. The minimum atomic E-state index is -0.407. The maximum absolute atomic E-state index is 10.2. The Morgan fingerprint density at radius 3 is 2.58 bits per heavy atom. The third-order valence-corrected chi connectivity index (χ3v) is 4.53. The van der Waals surface area contributed by atoms with Gasteiger partial charge in [0.1, 0.15) is 12.4 Å². The second-order valence-corrected chi connectivity index (χ2v) is 6.61. The summed E-state index contributed by atoms with van der Waals surface area (Å²) in [4.78, 5) is 0. The molecule has 0 spiro atoms. The van der Waals surface area contributed by atoms with Crippen molar-refractivity contribution in [2.24, 2.45) is 0 Å². The summed E-state index contributed by atoms with van der Waals surface area (Å²) in [6.07, 6.45) is 3.77. The summed E-state index contributed by atoms with van der Waals surface area (Å²) < 4.78 is 6.13. The van der Waals surface area contributed by atoms with Crippen molar-refractivity contribution in [3.63, 3.8) is 0 Å². The van der Waals surface area contributed by atoms with Crippen LogP contribution in [0.1, 0.15) is 38.2 Å². The standard InChI is InChI=1S/C22H26O2/c1-3-4-5-9-19(23)15-24-22-20-10-7-6-8-17(20)14-18-12-11-16(2)13-21(18)22/h6-8,10-14,19,23H,3-5,9,15H2,1-2H3. The zero-order valence-electron chi connectivity index (χ0n) is 14.6. The van der Waals surface area contributed by atoms with E-state index in [2.05, 4.69) is 50.2 Å². The smallest absolute Gasteiger partial charge is 0.135 e. The fourth-order valence-electron chi connectivity index (χ4n) is 3.18. The predicted molar refractivity (Wildman–Crippen MR) is 102 cm³/mol. The number of ether oxygens (including phenoxy) is 1. The maximum atomic E-state index is 10.2. The molecule has 0 amide bonds. The molecule has 3 rings (SSSR count). The topological polar surface area (TPSA) is 29.5 Å². The second-order valence-electron chi connectivity index (χ2n) is 6.61. The Labute approximate surface area is 144 Å². The summed E-state index contributed by atoms with van der Waals surface area (Å²) in [5.41, 5.74) is 1.21. The maximum Gasteiger partial charge on any atom is 0.135 e. The lowest BCUT2D eigenvalue weighted by atomic mass is 10.0. The average molecular weight is 322 g/mol. The van der Waals surface area contributed by atoms with Crippen LogP contribution in [-0.2, 0) is 0 Å². The third-order valence-electron chi connectivity index (χ3n) is 4.53. The first-order chi connectivity index (χ1) is 11.7. The van der Waals surface area contributed by atoms with E-state index in [1.807, 2.05) is 12.1 Å². The van der Waals surface area contributed by atoms with Crippen LogP contribution >= 0.6 is 0 Å². The molecule has 0 aliphatic rings. The van der Waals surface area contributed by atoms with Crippen LogP contribution in [0, 0.1) is 6.92 Å². The number of hydrogen-bond donors (Lipinski definition) is 1. The molecule has 0 radical (unpaired) electrons. The molecule has 3 aromatic rings. The largest absolute Gasteiger partial charge is 0.490 e. The number of aliphatic hydroxyl groups is 1. The lowest BCUT2D eigenvalue weighted by Crippen LogP contribution is -2.17. The fraction of sp³-hybridized carbons (Fsp3) is 0.364. The van der Waals surface area contributed by atoms with Gasteiger partial charge in [0.25, 0.3) is 0 Å². The zero-order valence-corrected chi connectivity index (χ0v) is 14.6. The van der Waals surface area contributed by atoms with Crippen LogP contribution in [0.3, 0.4) is 0 Å². The summed E-state index contributed by atoms with van der Waals surface area (Å²) in [7, 11) is 0. The van der Waals surface area contributed by atoms with E-state index in [1.54, 1.807) is 0 Å². The number of hydrogen-bond acceptors (Lipinski definition) is 2. The van der Waals surface area contributed by atoms with Gasteiger partial charge in [-0.2, -0.15) is 0 Å². The van der Waals surface area contributed by atoms with E-state index in [1.165, 1.54) is 22.8 Å². The second kappa shape index (κ2) is 7.67. The van der Waals surface area contributed by atoms with Gasteiger partial charge in [-0.1, -0.05) is 68.1 Å². The van der Waals surface area contributed by atoms with Gasteiger partial charge < -0.3 is 9.84 Å². The molecular formula is C22H26O2. The minimum absolute atomic E-state index is 0.348. The molecular weight excluding hydrogens is 296 g/mol. The fourth-order valence-corrected chi connectivity index (χ4v) is 3.18. The highest BCUT2D eigenvalue weighted by atomic mass is 16.5. The van der Waals surface area contributed by atoms with Gasteiger partial charge in [0.2, 0.25) is 0 Å². The summed E-state index contributed by atoms with van der Waals surface area (Å²) >= 11 is 0. The number of rotatable bonds is 7. The number of benzene rings is 3. The lowest BCUT2D eigenvalue weighted by Gasteiger charge is -2.16. The van der Waals surface area contributed by atoms with E-state index in [4.69, 9.17) is 4.74 Å². The Kier molecular flexibility index (Phi) is 5.37. The summed E-state index contributed by atoms with van der Waals surface area (Å²) in [5.74, 6) is 0.890. The van der Waals surface area contributed by atoms with E-state index in [0.717, 1.165) is 35.8 Å². The van der Waals surface area contributed by atoms with Crippen molar-refractivity contribution in [1.29, 1.82) is 0 Å². The van der Waals surface area contributed by atoms with Crippen LogP contribution in [0.5, 0.6) is 5.75 Å². The van der Waals surface area contributed by atoms with Gasteiger partial charge in [-0.05, 0) is 36.2 Å². The lowest BCUT2D eigenvalue weighted by molar-refractivity contribution is 0.0991. The van der Waals surface area contributed by atoms with Crippen LogP contribution in [0.25, 0.3) is 21.5 Å². The van der Waals surface area contributed by atoms with E-state index in [0.29, 0.717) is 6.61 Å². The molecule has 0 aliphatic carbocycles. The molecule has 3 aromatic carbocycles. The molecule has 0 aliphatic heterocycles. The summed E-state index contributed by atoms with van der Waals surface area (Å²) in [6.45, 7) is 4.62. The van der Waals surface area contributed by atoms with Crippen molar-refractivity contribution in [2.45, 2.75) is 45.6 Å². The van der Waals surface area contributed by atoms with Gasteiger partial charge in [-0.3, -0.25) is 0 Å². The van der Waals surface area contributed by atoms with E-state index in [-0.39, 0.29) is 0 Å². The molecule has 0 bridgehead atoms. The average Bonchev–Trinajstić information content (AvgIpc) is 2.59. The van der Waals surface area contributed by atoms with Gasteiger partial charge in [0.05, 0.1) is 6.10 Å². The van der Waals surface area contributed by atoms with Crippen LogP contribution in [0.2, 0.25) is 0 Å². The highest BCUT2D eigenvalue weighted by Gasteiger charge is 2.11. The third kappa shape index (κ3) is 3.70. The molecule has 2 nitrogen and oxygen atoms in total. The van der Waals surface area contributed by atoms with E-state index >= 15 is 0 Å². The number of aliphatic hydroxyl groups excluding tert-OH is 1. The summed E-state index contributed by atoms with van der Waals surface area (Å²) in [6, 6.07) is 16.9. The van der Waals surface area contributed by atoms with E-state index in [9.17, 15) is 5.11 Å². The Balaban J connectivity index is 1.92. The molecule has 1 N–H and O–H groups in total. The highest BCUT2D eigenvalue weighted by molar-refractivity contribution is 6.05. The van der Waals surface area contributed by atoms with Crippen LogP contribution in [-0.4, -0.2) is 17.8 Å². The molecule has 0 saturated heterocycles. The number of unbranched alkanes of at least 4 members (excludes halogenated alkanes) is 2. The molecule has 0 saturated carbocycles. The van der Waals surface area contributed by atoms with Crippen molar-refractivity contribution in [3.05, 3.63) is 54.1 Å². The van der Waals surface area contributed by atoms with Crippen LogP contribution in [0.15, 0.2) is 48.5 Å². The van der Waals surface area contributed by atoms with Crippen molar-refractivity contribution in [1.82, 2.24) is 0 Å². The number of aryl methyl sites for hydroxylation is 1. The first-order valence-electron chi connectivity index (χ1n) is 8.92. The molecule has 0 aromatic heterocycles. The van der Waals surface area contributed by atoms with Crippen molar-refractivity contribution in [3.8, 4) is 5.75 Å². The molecule has 1 unspecified atom stereocenters. The molecule has 24 heavy (non-hydrogen) atoms. The van der Waals surface area contributed by atoms with Crippen LogP contribution < -0.4 is 4.74 Å². The normalized spacial score (nSPS) is 12.6. The van der Waals surface area contributed by atoms with E-state index < -0.39 is 6.10 Å². The number of fused-ring (bicyclic) bond motifs is 2. The Bertz CT molecular complexity index is 823. The van der Waals surface area contributed by atoms with Crippen LogP contribution in [0.4, 0.5) is 0 Å². The first kappa shape index (κ1) is 16.8.